The predicted molar refractivity (Wildman–Crippen MR) is 167 cm³/mol. The zero-order chi connectivity index (χ0) is 28.4. The van der Waals surface area contributed by atoms with E-state index in [4.69, 9.17) is 27.9 Å². The Morgan fingerprint density at radius 2 is 1.73 bits per heavy atom. The van der Waals surface area contributed by atoms with E-state index in [1.54, 1.807) is 48.5 Å². The van der Waals surface area contributed by atoms with E-state index in [1.165, 1.54) is 6.21 Å². The zero-order valence-corrected chi connectivity index (χ0v) is 25.5. The molecule has 0 spiro atoms. The standard InChI is InChI=1S/C30H19Br2Cl2N3O3/c1-16-6-8-17(9-7-16)30(39)40-28-18(12-19(31)13-23(28)32)15-35-37-29(38)27-26(21-4-2-3-5-24(21)34)22-14-20(33)10-11-25(22)36-27/h2-15,36H,1H3,(H,37,38). The second kappa shape index (κ2) is 12.0. The molecule has 5 rings (SSSR count). The molecule has 0 fully saturated rings. The van der Waals surface area contributed by atoms with Gasteiger partial charge in [-0.1, -0.05) is 75.0 Å². The van der Waals surface area contributed by atoms with Gasteiger partial charge in [-0.05, 0) is 71.4 Å². The molecule has 0 bridgehead atoms. The van der Waals surface area contributed by atoms with Crippen LogP contribution in [0.1, 0.15) is 32.0 Å². The van der Waals surface area contributed by atoms with E-state index in [9.17, 15) is 9.59 Å². The molecule has 1 amide bonds. The van der Waals surface area contributed by atoms with Crippen molar-refractivity contribution in [2.45, 2.75) is 6.92 Å². The first-order chi connectivity index (χ1) is 19.2. The van der Waals surface area contributed by atoms with Crippen molar-refractivity contribution in [3.05, 3.63) is 120 Å². The van der Waals surface area contributed by atoms with E-state index in [-0.39, 0.29) is 11.4 Å². The maximum absolute atomic E-state index is 13.4. The van der Waals surface area contributed by atoms with Crippen LogP contribution >= 0.6 is 55.1 Å². The quantitative estimate of drug-likeness (QED) is 0.0804. The van der Waals surface area contributed by atoms with Crippen molar-refractivity contribution in [3.63, 3.8) is 0 Å². The SMILES string of the molecule is Cc1ccc(C(=O)Oc2c(Br)cc(Br)cc2C=NNC(=O)c2[nH]c3ccc(Cl)cc3c2-c2ccccc2Cl)cc1. The number of nitrogens with one attached hydrogen (secondary N) is 2. The predicted octanol–water partition coefficient (Wildman–Crippen LogP) is 8.96. The Labute approximate surface area is 256 Å². The number of carbonyl (C=O) groups is 2. The first kappa shape index (κ1) is 28.1. The van der Waals surface area contributed by atoms with E-state index in [0.717, 1.165) is 20.9 Å². The Morgan fingerprint density at radius 3 is 2.48 bits per heavy atom. The van der Waals surface area contributed by atoms with Gasteiger partial charge < -0.3 is 9.72 Å². The van der Waals surface area contributed by atoms with Crippen molar-refractivity contribution in [1.29, 1.82) is 0 Å². The van der Waals surface area contributed by atoms with Crippen LogP contribution in [-0.2, 0) is 0 Å². The number of halogens is 4. The lowest BCUT2D eigenvalue weighted by atomic mass is 10.0. The van der Waals surface area contributed by atoms with Crippen LogP contribution in [0.3, 0.4) is 0 Å². The molecule has 200 valence electrons. The van der Waals surface area contributed by atoms with Crippen LogP contribution in [0.25, 0.3) is 22.0 Å². The van der Waals surface area contributed by atoms with Gasteiger partial charge in [0.05, 0.1) is 16.3 Å². The fraction of sp³-hybridized carbons (Fsp3) is 0.0333. The lowest BCUT2D eigenvalue weighted by Gasteiger charge is -2.11. The van der Waals surface area contributed by atoms with Crippen LogP contribution in [0.4, 0.5) is 0 Å². The van der Waals surface area contributed by atoms with E-state index < -0.39 is 11.9 Å². The molecule has 0 aliphatic rings. The van der Waals surface area contributed by atoms with Gasteiger partial charge in [-0.3, -0.25) is 4.79 Å². The summed E-state index contributed by atoms with van der Waals surface area (Å²) in [6.45, 7) is 1.94. The molecular weight excluding hydrogens is 681 g/mol. The fourth-order valence-electron chi connectivity index (χ4n) is 4.12. The Balaban J connectivity index is 1.45. The summed E-state index contributed by atoms with van der Waals surface area (Å²) in [5.41, 5.74) is 6.72. The summed E-state index contributed by atoms with van der Waals surface area (Å²) in [5, 5.41) is 5.92. The summed E-state index contributed by atoms with van der Waals surface area (Å²) in [6, 6.07) is 23.1. The molecule has 2 N–H and O–H groups in total. The molecule has 0 aliphatic carbocycles. The zero-order valence-electron chi connectivity index (χ0n) is 20.8. The molecule has 1 aromatic heterocycles. The molecule has 0 saturated carbocycles. The maximum Gasteiger partial charge on any atom is 0.343 e. The number of benzene rings is 4. The highest BCUT2D eigenvalue weighted by atomic mass is 79.9. The highest BCUT2D eigenvalue weighted by Crippen LogP contribution is 2.38. The lowest BCUT2D eigenvalue weighted by molar-refractivity contribution is 0.0733. The van der Waals surface area contributed by atoms with Gasteiger partial charge in [0, 0.05) is 42.1 Å². The Kier molecular flexibility index (Phi) is 8.42. The molecule has 4 aromatic carbocycles. The van der Waals surface area contributed by atoms with Gasteiger partial charge in [0.25, 0.3) is 5.91 Å². The van der Waals surface area contributed by atoms with Crippen LogP contribution < -0.4 is 10.2 Å². The third-order valence-electron chi connectivity index (χ3n) is 6.02. The number of ether oxygens (including phenoxy) is 1. The van der Waals surface area contributed by atoms with E-state index >= 15 is 0 Å². The average Bonchev–Trinajstić information content (AvgIpc) is 3.29. The third kappa shape index (κ3) is 6.00. The van der Waals surface area contributed by atoms with Crippen LogP contribution in [-0.4, -0.2) is 23.1 Å². The molecule has 40 heavy (non-hydrogen) atoms. The van der Waals surface area contributed by atoms with Crippen molar-refractivity contribution in [3.8, 4) is 16.9 Å². The minimum atomic E-state index is -0.525. The molecule has 0 saturated heterocycles. The number of aryl methyl sites for hydroxylation is 1. The second-order valence-electron chi connectivity index (χ2n) is 8.81. The van der Waals surface area contributed by atoms with Gasteiger partial charge in [-0.2, -0.15) is 5.10 Å². The average molecular weight is 700 g/mol. The first-order valence-electron chi connectivity index (χ1n) is 11.9. The second-order valence-corrected chi connectivity index (χ2v) is 11.4. The molecule has 0 atom stereocenters. The van der Waals surface area contributed by atoms with Crippen LogP contribution in [0.15, 0.2) is 92.9 Å². The number of rotatable bonds is 6. The van der Waals surface area contributed by atoms with Crippen molar-refractivity contribution in [2.24, 2.45) is 5.10 Å². The molecule has 5 aromatic rings. The third-order valence-corrected chi connectivity index (χ3v) is 7.63. The number of amides is 1. The smallest absolute Gasteiger partial charge is 0.343 e. The topological polar surface area (TPSA) is 83.5 Å². The number of hydrogen-bond acceptors (Lipinski definition) is 4. The molecule has 10 heteroatoms. The van der Waals surface area contributed by atoms with Gasteiger partial charge in [0.2, 0.25) is 0 Å². The van der Waals surface area contributed by atoms with Crippen molar-refractivity contribution in [1.82, 2.24) is 10.4 Å². The summed E-state index contributed by atoms with van der Waals surface area (Å²) in [4.78, 5) is 29.3. The lowest BCUT2D eigenvalue weighted by Crippen LogP contribution is -2.19. The van der Waals surface area contributed by atoms with Gasteiger partial charge in [-0.25, -0.2) is 10.2 Å². The fourth-order valence-corrected chi connectivity index (χ4v) is 5.86. The van der Waals surface area contributed by atoms with Crippen molar-refractivity contribution in [2.75, 3.05) is 0 Å². The van der Waals surface area contributed by atoms with Crippen LogP contribution in [0, 0.1) is 6.92 Å². The number of hydrogen-bond donors (Lipinski definition) is 2. The van der Waals surface area contributed by atoms with E-state index in [2.05, 4.69) is 47.4 Å². The monoisotopic (exact) mass is 697 g/mol. The number of H-pyrrole nitrogens is 1. The number of nitrogens with zero attached hydrogens (tertiary/aromatic N) is 1. The highest BCUT2D eigenvalue weighted by Gasteiger charge is 2.21. The summed E-state index contributed by atoms with van der Waals surface area (Å²) in [7, 11) is 0. The molecule has 0 radical (unpaired) electrons. The maximum atomic E-state index is 13.4. The highest BCUT2D eigenvalue weighted by molar-refractivity contribution is 9.11. The van der Waals surface area contributed by atoms with Gasteiger partial charge in [0.1, 0.15) is 5.69 Å². The molecule has 0 aliphatic heterocycles. The number of hydrazone groups is 1. The minimum Gasteiger partial charge on any atom is -0.421 e. The summed E-state index contributed by atoms with van der Waals surface area (Å²) in [5.74, 6) is -0.766. The van der Waals surface area contributed by atoms with Crippen LogP contribution in [0.2, 0.25) is 10.0 Å². The normalized spacial score (nSPS) is 11.2. The summed E-state index contributed by atoms with van der Waals surface area (Å²) in [6.07, 6.45) is 1.40. The molecule has 6 nitrogen and oxygen atoms in total. The largest absolute Gasteiger partial charge is 0.421 e. The van der Waals surface area contributed by atoms with E-state index in [1.807, 2.05) is 37.3 Å². The van der Waals surface area contributed by atoms with E-state index in [0.29, 0.717) is 36.8 Å². The van der Waals surface area contributed by atoms with Gasteiger partial charge in [0.15, 0.2) is 5.75 Å². The summed E-state index contributed by atoms with van der Waals surface area (Å²) >= 11 is 19.7. The number of aromatic nitrogens is 1. The Morgan fingerprint density at radius 1 is 0.975 bits per heavy atom. The molecule has 1 heterocycles. The molecule has 0 unspecified atom stereocenters. The van der Waals surface area contributed by atoms with Crippen LogP contribution in [0.5, 0.6) is 5.75 Å². The summed E-state index contributed by atoms with van der Waals surface area (Å²) < 4.78 is 6.95. The number of aromatic amines is 1. The Bertz CT molecular complexity index is 1800. The van der Waals surface area contributed by atoms with Gasteiger partial charge in [-0.15, -0.1) is 0 Å². The van der Waals surface area contributed by atoms with Gasteiger partial charge >= 0.3 is 5.97 Å². The van der Waals surface area contributed by atoms with Crippen molar-refractivity contribution < 1.29 is 14.3 Å². The number of fused-ring (bicyclic) bond motifs is 1. The van der Waals surface area contributed by atoms with Crippen molar-refractivity contribution >= 4 is 84.1 Å². The first-order valence-corrected chi connectivity index (χ1v) is 14.2. The number of esters is 1. The minimum absolute atomic E-state index is 0.254. The number of carbonyl (C=O) groups excluding carboxylic acids is 2. The molecular formula is C30H19Br2Cl2N3O3. The Hall–Kier alpha value is -3.43.